The van der Waals surface area contributed by atoms with E-state index in [9.17, 15) is 9.90 Å². The number of aromatic nitrogens is 2. The van der Waals surface area contributed by atoms with E-state index >= 15 is 0 Å². The van der Waals surface area contributed by atoms with Crippen molar-refractivity contribution in [2.45, 2.75) is 19.9 Å². The van der Waals surface area contributed by atoms with E-state index < -0.39 is 0 Å². The second-order valence-electron chi connectivity index (χ2n) is 4.08. The lowest BCUT2D eigenvalue weighted by molar-refractivity contribution is 0.102. The van der Waals surface area contributed by atoms with E-state index in [1.54, 1.807) is 29.1 Å². The Kier molecular flexibility index (Phi) is 4.06. The van der Waals surface area contributed by atoms with Crippen LogP contribution in [0.25, 0.3) is 0 Å². The number of para-hydroxylation sites is 1. The summed E-state index contributed by atoms with van der Waals surface area (Å²) in [5, 5.41) is 16.6. The van der Waals surface area contributed by atoms with Crippen molar-refractivity contribution in [1.29, 1.82) is 0 Å². The third-order valence-corrected chi connectivity index (χ3v) is 2.89. The van der Waals surface area contributed by atoms with Crippen LogP contribution >= 0.6 is 11.6 Å². The molecule has 0 bridgehead atoms. The van der Waals surface area contributed by atoms with Crippen LogP contribution in [0.3, 0.4) is 0 Å². The number of halogens is 1. The highest BCUT2D eigenvalue weighted by Crippen LogP contribution is 2.31. The molecular weight excluding hydrogens is 266 g/mol. The number of carbonyl (C=O) groups is 1. The molecule has 2 aromatic rings. The second kappa shape index (κ2) is 5.75. The highest BCUT2D eigenvalue weighted by molar-refractivity contribution is 6.32. The van der Waals surface area contributed by atoms with Crippen LogP contribution in [0.4, 0.5) is 5.69 Å². The number of anilines is 1. The number of carbonyl (C=O) groups excluding carboxylic acids is 1. The van der Waals surface area contributed by atoms with E-state index in [2.05, 4.69) is 10.4 Å². The standard InChI is InChI=1S/C13H14ClN3O2/c1-2-6-17-8-9(7-15-17)13(19)16-11-5-3-4-10(14)12(11)18/h3-5,7-8,18H,2,6H2,1H3,(H,16,19). The quantitative estimate of drug-likeness (QED) is 0.846. The Labute approximate surface area is 115 Å². The maximum atomic E-state index is 12.0. The van der Waals surface area contributed by atoms with Gasteiger partial charge in [-0.3, -0.25) is 9.48 Å². The number of aryl methyl sites for hydroxylation is 1. The fraction of sp³-hybridized carbons (Fsp3) is 0.231. The van der Waals surface area contributed by atoms with Crippen LogP contribution in [-0.4, -0.2) is 20.8 Å². The molecule has 2 N–H and O–H groups in total. The fourth-order valence-electron chi connectivity index (χ4n) is 1.64. The van der Waals surface area contributed by atoms with Crippen molar-refractivity contribution in [3.8, 4) is 5.75 Å². The number of nitrogens with one attached hydrogen (secondary N) is 1. The number of phenolic OH excluding ortho intramolecular Hbond substituents is 1. The zero-order chi connectivity index (χ0) is 13.8. The van der Waals surface area contributed by atoms with Crippen LogP contribution in [0.2, 0.25) is 5.02 Å². The lowest BCUT2D eigenvalue weighted by atomic mass is 10.2. The summed E-state index contributed by atoms with van der Waals surface area (Å²) >= 11 is 5.77. The fourth-order valence-corrected chi connectivity index (χ4v) is 1.82. The number of hydrogen-bond acceptors (Lipinski definition) is 3. The topological polar surface area (TPSA) is 67.2 Å². The van der Waals surface area contributed by atoms with Crippen LogP contribution in [-0.2, 0) is 6.54 Å². The Bertz CT molecular complexity index is 595. The van der Waals surface area contributed by atoms with Gasteiger partial charge in [0.25, 0.3) is 5.91 Å². The van der Waals surface area contributed by atoms with Gasteiger partial charge in [0.2, 0.25) is 0 Å². The van der Waals surface area contributed by atoms with E-state index in [0.29, 0.717) is 5.56 Å². The molecule has 0 aliphatic carbocycles. The molecule has 2 rings (SSSR count). The third kappa shape index (κ3) is 3.06. The summed E-state index contributed by atoms with van der Waals surface area (Å²) in [5.74, 6) is -0.474. The Hall–Kier alpha value is -2.01. The largest absolute Gasteiger partial charge is 0.504 e. The molecule has 0 spiro atoms. The van der Waals surface area contributed by atoms with Gasteiger partial charge < -0.3 is 10.4 Å². The number of phenols is 1. The van der Waals surface area contributed by atoms with Gasteiger partial charge in [0, 0.05) is 12.7 Å². The molecule has 1 aromatic heterocycles. The number of nitrogens with zero attached hydrogens (tertiary/aromatic N) is 2. The highest BCUT2D eigenvalue weighted by atomic mass is 35.5. The predicted molar refractivity (Wildman–Crippen MR) is 73.6 cm³/mol. The van der Waals surface area contributed by atoms with Crippen molar-refractivity contribution in [2.75, 3.05) is 5.32 Å². The van der Waals surface area contributed by atoms with Gasteiger partial charge in [-0.05, 0) is 18.6 Å². The van der Waals surface area contributed by atoms with E-state index in [4.69, 9.17) is 11.6 Å². The minimum Gasteiger partial charge on any atom is -0.504 e. The van der Waals surface area contributed by atoms with Crippen LogP contribution in [0.1, 0.15) is 23.7 Å². The van der Waals surface area contributed by atoms with Gasteiger partial charge in [-0.25, -0.2) is 0 Å². The zero-order valence-electron chi connectivity index (χ0n) is 10.4. The molecule has 0 fully saturated rings. The smallest absolute Gasteiger partial charge is 0.258 e. The Balaban J connectivity index is 2.14. The molecule has 0 saturated carbocycles. The molecule has 0 atom stereocenters. The van der Waals surface area contributed by atoms with Crippen LogP contribution in [0.15, 0.2) is 30.6 Å². The van der Waals surface area contributed by atoms with Gasteiger partial charge in [0.1, 0.15) is 0 Å². The molecule has 5 nitrogen and oxygen atoms in total. The van der Waals surface area contributed by atoms with Gasteiger partial charge in [0.15, 0.2) is 5.75 Å². The first-order valence-corrected chi connectivity index (χ1v) is 6.31. The first-order valence-electron chi connectivity index (χ1n) is 5.93. The van der Waals surface area contributed by atoms with Crippen molar-refractivity contribution < 1.29 is 9.90 Å². The highest BCUT2D eigenvalue weighted by Gasteiger charge is 2.12. The number of benzene rings is 1. The van der Waals surface area contributed by atoms with E-state index in [1.165, 1.54) is 6.20 Å². The summed E-state index contributed by atoms with van der Waals surface area (Å²) < 4.78 is 1.70. The summed E-state index contributed by atoms with van der Waals surface area (Å²) in [6.07, 6.45) is 4.10. The maximum absolute atomic E-state index is 12.0. The molecule has 0 saturated heterocycles. The number of rotatable bonds is 4. The number of hydrogen-bond donors (Lipinski definition) is 2. The Morgan fingerprint density at radius 3 is 3.05 bits per heavy atom. The zero-order valence-corrected chi connectivity index (χ0v) is 11.2. The van der Waals surface area contributed by atoms with Gasteiger partial charge >= 0.3 is 0 Å². The lowest BCUT2D eigenvalue weighted by Crippen LogP contribution is -2.11. The van der Waals surface area contributed by atoms with Gasteiger partial charge in [-0.2, -0.15) is 5.10 Å². The molecule has 0 radical (unpaired) electrons. The van der Waals surface area contributed by atoms with Crippen LogP contribution in [0, 0.1) is 0 Å². The second-order valence-corrected chi connectivity index (χ2v) is 4.49. The Morgan fingerprint density at radius 1 is 1.53 bits per heavy atom. The molecule has 6 heteroatoms. The van der Waals surface area contributed by atoms with Crippen LogP contribution < -0.4 is 5.32 Å². The molecule has 0 aliphatic rings. The van der Waals surface area contributed by atoms with Gasteiger partial charge in [-0.1, -0.05) is 24.6 Å². The van der Waals surface area contributed by atoms with E-state index in [-0.39, 0.29) is 22.4 Å². The summed E-state index contributed by atoms with van der Waals surface area (Å²) in [6, 6.07) is 4.78. The van der Waals surface area contributed by atoms with Gasteiger partial charge in [-0.15, -0.1) is 0 Å². The van der Waals surface area contributed by atoms with Crippen molar-refractivity contribution in [2.24, 2.45) is 0 Å². The number of amides is 1. The first-order chi connectivity index (χ1) is 9.11. The SMILES string of the molecule is CCCn1cc(C(=O)Nc2cccc(Cl)c2O)cn1. The van der Waals surface area contributed by atoms with Crippen molar-refractivity contribution in [3.63, 3.8) is 0 Å². The molecule has 0 unspecified atom stereocenters. The average Bonchev–Trinajstić information content (AvgIpc) is 2.84. The molecular formula is C13H14ClN3O2. The summed E-state index contributed by atoms with van der Waals surface area (Å²) in [5.41, 5.74) is 0.716. The monoisotopic (exact) mass is 279 g/mol. The van der Waals surface area contributed by atoms with Crippen molar-refractivity contribution >= 4 is 23.2 Å². The lowest BCUT2D eigenvalue weighted by Gasteiger charge is -2.06. The van der Waals surface area contributed by atoms with E-state index in [0.717, 1.165) is 13.0 Å². The summed E-state index contributed by atoms with van der Waals surface area (Å²) in [6.45, 7) is 2.79. The molecule has 1 aromatic carbocycles. The first kappa shape index (κ1) is 13.4. The molecule has 100 valence electrons. The minimum absolute atomic E-state index is 0.140. The van der Waals surface area contributed by atoms with Crippen LogP contribution in [0.5, 0.6) is 5.75 Å². The van der Waals surface area contributed by atoms with E-state index in [1.807, 2.05) is 6.92 Å². The van der Waals surface area contributed by atoms with Crippen molar-refractivity contribution in [3.05, 3.63) is 41.2 Å². The molecule has 0 aliphatic heterocycles. The normalized spacial score (nSPS) is 10.4. The minimum atomic E-state index is -0.333. The maximum Gasteiger partial charge on any atom is 0.258 e. The van der Waals surface area contributed by atoms with Gasteiger partial charge in [0.05, 0.1) is 22.5 Å². The molecule has 1 heterocycles. The molecule has 1 amide bonds. The van der Waals surface area contributed by atoms with Crippen molar-refractivity contribution in [1.82, 2.24) is 9.78 Å². The summed E-state index contributed by atoms with van der Waals surface area (Å²) in [4.78, 5) is 12.0. The third-order valence-electron chi connectivity index (χ3n) is 2.58. The summed E-state index contributed by atoms with van der Waals surface area (Å²) in [7, 11) is 0. The Morgan fingerprint density at radius 2 is 2.32 bits per heavy atom. The predicted octanol–water partition coefficient (Wildman–Crippen LogP) is 2.90. The number of aromatic hydroxyl groups is 1. The average molecular weight is 280 g/mol. The molecule has 19 heavy (non-hydrogen) atoms.